The second-order valence-electron chi connectivity index (χ2n) is 4.80. The fourth-order valence-electron chi connectivity index (χ4n) is 1.77. The van der Waals surface area contributed by atoms with Crippen molar-refractivity contribution in [1.82, 2.24) is 4.72 Å². The highest BCUT2D eigenvalue weighted by molar-refractivity contribution is 7.89. The molecular formula is C13H21FN2O2S. The zero-order valence-electron chi connectivity index (χ0n) is 11.5. The summed E-state index contributed by atoms with van der Waals surface area (Å²) in [6.45, 7) is 5.43. The average Bonchev–Trinajstić information content (AvgIpc) is 2.30. The Kier molecular flexibility index (Phi) is 5.31. The topological polar surface area (TPSA) is 72.2 Å². The molecule has 0 radical (unpaired) electrons. The van der Waals surface area contributed by atoms with Gasteiger partial charge in [0, 0.05) is 11.7 Å². The first-order chi connectivity index (χ1) is 8.77. The minimum atomic E-state index is -3.86. The number of nitrogen functional groups attached to an aromatic ring is 1. The number of rotatable bonds is 6. The Morgan fingerprint density at radius 3 is 2.63 bits per heavy atom. The third kappa shape index (κ3) is 4.18. The van der Waals surface area contributed by atoms with Gasteiger partial charge in [-0.25, -0.2) is 17.5 Å². The van der Waals surface area contributed by atoms with E-state index in [0.29, 0.717) is 5.56 Å². The van der Waals surface area contributed by atoms with Gasteiger partial charge in [-0.05, 0) is 38.0 Å². The summed E-state index contributed by atoms with van der Waals surface area (Å²) in [7, 11) is -3.86. The SMILES string of the molecule is CCCCC(C)NS(=O)(=O)c1cc(N)c(C)cc1F. The van der Waals surface area contributed by atoms with E-state index in [-0.39, 0.29) is 16.6 Å². The number of halogens is 1. The molecule has 0 aliphatic heterocycles. The number of sulfonamides is 1. The molecule has 1 unspecified atom stereocenters. The Balaban J connectivity index is 2.98. The van der Waals surface area contributed by atoms with Crippen LogP contribution < -0.4 is 10.5 Å². The van der Waals surface area contributed by atoms with Gasteiger partial charge in [-0.1, -0.05) is 19.8 Å². The fraction of sp³-hybridized carbons (Fsp3) is 0.538. The molecule has 0 aromatic heterocycles. The number of nitrogens with one attached hydrogen (secondary N) is 1. The lowest BCUT2D eigenvalue weighted by molar-refractivity contribution is 0.524. The maximum atomic E-state index is 13.8. The summed E-state index contributed by atoms with van der Waals surface area (Å²) in [5, 5.41) is 0. The summed E-state index contributed by atoms with van der Waals surface area (Å²) in [6.07, 6.45) is 2.62. The minimum Gasteiger partial charge on any atom is -0.398 e. The fourth-order valence-corrected chi connectivity index (χ4v) is 3.14. The predicted molar refractivity (Wildman–Crippen MR) is 74.9 cm³/mol. The molecule has 4 nitrogen and oxygen atoms in total. The molecule has 0 bridgehead atoms. The summed E-state index contributed by atoms with van der Waals surface area (Å²) < 4.78 is 40.4. The zero-order valence-corrected chi connectivity index (χ0v) is 12.3. The van der Waals surface area contributed by atoms with Gasteiger partial charge < -0.3 is 5.73 Å². The first-order valence-electron chi connectivity index (χ1n) is 6.36. The molecule has 108 valence electrons. The Morgan fingerprint density at radius 2 is 2.05 bits per heavy atom. The number of nitrogens with two attached hydrogens (primary N) is 1. The number of hydrogen-bond donors (Lipinski definition) is 2. The van der Waals surface area contributed by atoms with Crippen LogP contribution in [0.5, 0.6) is 0 Å². The van der Waals surface area contributed by atoms with Gasteiger partial charge in [0.2, 0.25) is 10.0 Å². The van der Waals surface area contributed by atoms with Gasteiger partial charge in [0.15, 0.2) is 0 Å². The van der Waals surface area contributed by atoms with E-state index in [1.54, 1.807) is 13.8 Å². The zero-order chi connectivity index (χ0) is 14.6. The number of benzene rings is 1. The largest absolute Gasteiger partial charge is 0.398 e. The van der Waals surface area contributed by atoms with Gasteiger partial charge in [0.25, 0.3) is 0 Å². The van der Waals surface area contributed by atoms with Crippen molar-refractivity contribution in [2.75, 3.05) is 5.73 Å². The quantitative estimate of drug-likeness (QED) is 0.790. The van der Waals surface area contributed by atoms with Crippen molar-refractivity contribution in [3.05, 3.63) is 23.5 Å². The Hall–Kier alpha value is -1.14. The molecular weight excluding hydrogens is 267 g/mol. The van der Waals surface area contributed by atoms with Crippen LogP contribution in [0.2, 0.25) is 0 Å². The van der Waals surface area contributed by atoms with E-state index in [4.69, 9.17) is 5.73 Å². The predicted octanol–water partition coefficient (Wildman–Crippen LogP) is 2.57. The van der Waals surface area contributed by atoms with E-state index in [2.05, 4.69) is 4.72 Å². The van der Waals surface area contributed by atoms with Crippen LogP contribution in [0.1, 0.15) is 38.7 Å². The molecule has 1 aromatic rings. The van der Waals surface area contributed by atoms with Gasteiger partial charge in [0.05, 0.1) is 0 Å². The molecule has 0 amide bonds. The van der Waals surface area contributed by atoms with Gasteiger partial charge in [0.1, 0.15) is 10.7 Å². The van der Waals surface area contributed by atoms with Gasteiger partial charge in [-0.15, -0.1) is 0 Å². The van der Waals surface area contributed by atoms with E-state index in [1.807, 2.05) is 6.92 Å². The van der Waals surface area contributed by atoms with E-state index in [1.165, 1.54) is 6.07 Å². The van der Waals surface area contributed by atoms with Crippen LogP contribution in [0.3, 0.4) is 0 Å². The Labute approximate surface area is 114 Å². The van der Waals surface area contributed by atoms with Crippen molar-refractivity contribution < 1.29 is 12.8 Å². The highest BCUT2D eigenvalue weighted by atomic mass is 32.2. The van der Waals surface area contributed by atoms with Crippen molar-refractivity contribution in [2.45, 2.75) is 51.0 Å². The lowest BCUT2D eigenvalue weighted by atomic mass is 10.2. The minimum absolute atomic E-state index is 0.230. The molecule has 0 saturated heterocycles. The lowest BCUT2D eigenvalue weighted by Crippen LogP contribution is -2.33. The summed E-state index contributed by atoms with van der Waals surface area (Å²) >= 11 is 0. The molecule has 1 aromatic carbocycles. The van der Waals surface area contributed by atoms with Crippen molar-refractivity contribution >= 4 is 15.7 Å². The Bertz CT molecular complexity index is 544. The maximum Gasteiger partial charge on any atom is 0.243 e. The van der Waals surface area contributed by atoms with E-state index in [0.717, 1.165) is 25.3 Å². The molecule has 1 rings (SSSR count). The van der Waals surface area contributed by atoms with E-state index >= 15 is 0 Å². The molecule has 0 spiro atoms. The molecule has 3 N–H and O–H groups in total. The molecule has 6 heteroatoms. The van der Waals surface area contributed by atoms with E-state index in [9.17, 15) is 12.8 Å². The van der Waals surface area contributed by atoms with Crippen LogP contribution in [0.4, 0.5) is 10.1 Å². The van der Waals surface area contributed by atoms with Gasteiger partial charge in [-0.2, -0.15) is 0 Å². The van der Waals surface area contributed by atoms with Crippen LogP contribution in [-0.2, 0) is 10.0 Å². The molecule has 0 fully saturated rings. The summed E-state index contributed by atoms with van der Waals surface area (Å²) in [5.41, 5.74) is 6.43. The molecule has 19 heavy (non-hydrogen) atoms. The second kappa shape index (κ2) is 6.34. The third-order valence-corrected chi connectivity index (χ3v) is 4.56. The monoisotopic (exact) mass is 288 g/mol. The molecule has 1 atom stereocenters. The second-order valence-corrected chi connectivity index (χ2v) is 6.49. The smallest absolute Gasteiger partial charge is 0.243 e. The molecule has 0 saturated carbocycles. The van der Waals surface area contributed by atoms with Crippen molar-refractivity contribution in [2.24, 2.45) is 0 Å². The maximum absolute atomic E-state index is 13.8. The van der Waals surface area contributed by atoms with Crippen LogP contribution in [0.25, 0.3) is 0 Å². The van der Waals surface area contributed by atoms with Crippen molar-refractivity contribution in [1.29, 1.82) is 0 Å². The Morgan fingerprint density at radius 1 is 1.42 bits per heavy atom. The number of hydrogen-bond acceptors (Lipinski definition) is 3. The first kappa shape index (κ1) is 15.9. The molecule has 0 heterocycles. The molecule has 0 aliphatic rings. The first-order valence-corrected chi connectivity index (χ1v) is 7.84. The average molecular weight is 288 g/mol. The van der Waals surface area contributed by atoms with Crippen LogP contribution in [0, 0.1) is 12.7 Å². The van der Waals surface area contributed by atoms with Crippen LogP contribution in [0.15, 0.2) is 17.0 Å². The van der Waals surface area contributed by atoms with Crippen LogP contribution in [-0.4, -0.2) is 14.5 Å². The number of unbranched alkanes of at least 4 members (excludes halogenated alkanes) is 1. The lowest BCUT2D eigenvalue weighted by Gasteiger charge is -2.15. The van der Waals surface area contributed by atoms with Gasteiger partial charge in [-0.3, -0.25) is 0 Å². The third-order valence-electron chi connectivity index (χ3n) is 2.96. The van der Waals surface area contributed by atoms with Crippen LogP contribution >= 0.6 is 0 Å². The highest BCUT2D eigenvalue weighted by Crippen LogP contribution is 2.21. The number of anilines is 1. The van der Waals surface area contributed by atoms with E-state index < -0.39 is 15.8 Å². The van der Waals surface area contributed by atoms with Gasteiger partial charge >= 0.3 is 0 Å². The highest BCUT2D eigenvalue weighted by Gasteiger charge is 2.22. The normalized spacial score (nSPS) is 13.5. The summed E-state index contributed by atoms with van der Waals surface area (Å²) in [5.74, 6) is -0.776. The van der Waals surface area contributed by atoms with Crippen molar-refractivity contribution in [3.63, 3.8) is 0 Å². The number of aryl methyl sites for hydroxylation is 1. The molecule has 0 aliphatic carbocycles. The van der Waals surface area contributed by atoms with Crippen molar-refractivity contribution in [3.8, 4) is 0 Å². The summed E-state index contributed by atoms with van der Waals surface area (Å²) in [4.78, 5) is -0.390. The standard InChI is InChI=1S/C13H21FN2O2S/c1-4-5-6-10(3)16-19(17,18)13-8-12(15)9(2)7-11(13)14/h7-8,10,16H,4-6,15H2,1-3H3. The summed E-state index contributed by atoms with van der Waals surface area (Å²) in [6, 6.07) is 2.08.